The van der Waals surface area contributed by atoms with Gasteiger partial charge in [-0.05, 0) is 53.6 Å². The van der Waals surface area contributed by atoms with Crippen LogP contribution in [0.25, 0.3) is 22.4 Å². The summed E-state index contributed by atoms with van der Waals surface area (Å²) in [6, 6.07) is 16.1. The molecule has 0 aliphatic heterocycles. The predicted octanol–water partition coefficient (Wildman–Crippen LogP) is 6.29. The van der Waals surface area contributed by atoms with Gasteiger partial charge in [-0.1, -0.05) is 56.3 Å². The average molecular weight is 514 g/mol. The summed E-state index contributed by atoms with van der Waals surface area (Å²) < 4.78 is 32.6. The molecular formula is C28H33FNO5P. The number of aliphatic hydroxyl groups is 1. The third-order valence-corrected chi connectivity index (χ3v) is 8.78. The van der Waals surface area contributed by atoms with Crippen molar-refractivity contribution in [3.63, 3.8) is 0 Å². The number of aliphatic hydroxyl groups excluding tert-OH is 1. The molecule has 6 nitrogen and oxygen atoms in total. The molecule has 1 unspecified atom stereocenters. The molecule has 0 saturated carbocycles. The Bertz CT molecular complexity index is 1250. The third kappa shape index (κ3) is 6.67. The van der Waals surface area contributed by atoms with Gasteiger partial charge < -0.3 is 14.7 Å². The minimum Gasteiger partial charge on any atom is -0.481 e. The van der Waals surface area contributed by atoms with Gasteiger partial charge in [-0.15, -0.1) is 0 Å². The Labute approximate surface area is 211 Å². The maximum Gasteiger partial charge on any atom is 0.305 e. The Hall–Kier alpha value is -2.86. The lowest BCUT2D eigenvalue weighted by Gasteiger charge is -2.24. The molecule has 0 aliphatic rings. The van der Waals surface area contributed by atoms with Crippen molar-refractivity contribution in [1.29, 1.82) is 0 Å². The molecule has 1 aromatic heterocycles. The minimum absolute atomic E-state index is 0.0433. The van der Waals surface area contributed by atoms with Crippen LogP contribution < -0.4 is 0 Å². The molecule has 2 N–H and O–H groups in total. The molecule has 1 heterocycles. The largest absolute Gasteiger partial charge is 0.481 e. The lowest BCUT2D eigenvalue weighted by atomic mass is 9.87. The first-order chi connectivity index (χ1) is 17.0. The molecule has 0 saturated heterocycles. The van der Waals surface area contributed by atoms with Crippen LogP contribution in [0.1, 0.15) is 43.0 Å². The van der Waals surface area contributed by atoms with E-state index in [1.165, 1.54) is 19.2 Å². The van der Waals surface area contributed by atoms with Crippen molar-refractivity contribution in [2.75, 3.05) is 19.4 Å². The highest BCUT2D eigenvalue weighted by Gasteiger charge is 2.29. The maximum absolute atomic E-state index is 13.8. The summed E-state index contributed by atoms with van der Waals surface area (Å²) in [6.07, 6.45) is -1.56. The molecule has 2 aromatic carbocycles. The quantitative estimate of drug-likeness (QED) is 0.293. The fourth-order valence-corrected chi connectivity index (χ4v) is 6.34. The number of aliphatic carboxylic acids is 1. The normalized spacial score (nSPS) is 14.0. The maximum atomic E-state index is 13.8. The zero-order valence-corrected chi connectivity index (χ0v) is 22.0. The summed E-state index contributed by atoms with van der Waals surface area (Å²) in [5.41, 5.74) is 6.17. The van der Waals surface area contributed by atoms with E-state index in [1.54, 1.807) is 12.1 Å². The molecule has 0 aliphatic carbocycles. The van der Waals surface area contributed by atoms with Gasteiger partial charge in [0.2, 0.25) is 7.37 Å². The number of hydrogen-bond acceptors (Lipinski definition) is 5. The number of rotatable bonds is 11. The van der Waals surface area contributed by atoms with Gasteiger partial charge >= 0.3 is 5.97 Å². The van der Waals surface area contributed by atoms with Crippen molar-refractivity contribution in [1.82, 2.24) is 4.98 Å². The smallest absolute Gasteiger partial charge is 0.305 e. The third-order valence-electron chi connectivity index (χ3n) is 6.23. The van der Waals surface area contributed by atoms with Gasteiger partial charge in [0, 0.05) is 24.5 Å². The summed E-state index contributed by atoms with van der Waals surface area (Å²) in [4.78, 5) is 16.0. The van der Waals surface area contributed by atoms with Crippen molar-refractivity contribution in [3.05, 3.63) is 77.2 Å². The number of benzene rings is 2. The highest BCUT2D eigenvalue weighted by Crippen LogP contribution is 2.48. The number of carbonyl (C=O) groups is 1. The Balaban J connectivity index is 2.14. The first-order valence-electron chi connectivity index (χ1n) is 11.9. The van der Waals surface area contributed by atoms with Gasteiger partial charge in [0.1, 0.15) is 5.82 Å². The van der Waals surface area contributed by atoms with E-state index in [2.05, 4.69) is 0 Å². The molecule has 192 valence electrons. The van der Waals surface area contributed by atoms with E-state index in [0.29, 0.717) is 6.42 Å². The Kier molecular flexibility index (Phi) is 9.18. The highest BCUT2D eigenvalue weighted by molar-refractivity contribution is 7.59. The van der Waals surface area contributed by atoms with Gasteiger partial charge in [0.05, 0.1) is 24.4 Å². The molecule has 8 heteroatoms. The van der Waals surface area contributed by atoms with Gasteiger partial charge in [0.25, 0.3) is 0 Å². The Morgan fingerprint density at radius 2 is 1.72 bits per heavy atom. The summed E-state index contributed by atoms with van der Waals surface area (Å²) in [5, 5.41) is 19.1. The van der Waals surface area contributed by atoms with E-state index in [0.717, 1.165) is 39.2 Å². The highest BCUT2D eigenvalue weighted by atomic mass is 31.2. The average Bonchev–Trinajstić information content (AvgIpc) is 2.83. The summed E-state index contributed by atoms with van der Waals surface area (Å²) in [6.45, 7) is 6.06. The number of nitrogens with zero attached hydrogens (tertiary/aromatic N) is 1. The van der Waals surface area contributed by atoms with Gasteiger partial charge in [-0.3, -0.25) is 14.3 Å². The van der Waals surface area contributed by atoms with Gasteiger partial charge in [-0.25, -0.2) is 4.39 Å². The van der Waals surface area contributed by atoms with Crippen molar-refractivity contribution >= 4 is 13.3 Å². The van der Waals surface area contributed by atoms with Gasteiger partial charge in [-0.2, -0.15) is 0 Å². The molecule has 2 atom stereocenters. The van der Waals surface area contributed by atoms with Crippen LogP contribution in [0.5, 0.6) is 0 Å². The van der Waals surface area contributed by atoms with Crippen LogP contribution in [0, 0.1) is 12.7 Å². The van der Waals surface area contributed by atoms with Crippen LogP contribution in [0.3, 0.4) is 0 Å². The van der Waals surface area contributed by atoms with Crippen LogP contribution in [0.15, 0.2) is 54.6 Å². The topological polar surface area (TPSA) is 96.7 Å². The minimum atomic E-state index is -3.33. The first-order valence-corrected chi connectivity index (χ1v) is 13.9. The molecule has 3 rings (SSSR count). The van der Waals surface area contributed by atoms with E-state index >= 15 is 0 Å². The van der Waals surface area contributed by atoms with Crippen LogP contribution in [0.2, 0.25) is 0 Å². The summed E-state index contributed by atoms with van der Waals surface area (Å²) >= 11 is 0. The summed E-state index contributed by atoms with van der Waals surface area (Å²) in [5.74, 6) is -1.46. The standard InChI is InChI=1S/C28H33FNO5P/c1-18(2)27-24(14-15-36(34,35-4)17-23(31)16-25(32)33)26(20-10-12-22(29)13-11-20)19(3)28(30-27)21-8-6-5-7-9-21/h5-13,18,23,31H,14-17H2,1-4H3,(H,32,33)/t23-,36?/m0/s1. The first kappa shape index (κ1) is 27.7. The zero-order valence-electron chi connectivity index (χ0n) is 21.1. The van der Waals surface area contributed by atoms with Gasteiger partial charge in [0.15, 0.2) is 0 Å². The number of carboxylic acid groups (broad SMARTS) is 1. The number of halogens is 1. The van der Waals surface area contributed by atoms with Crippen molar-refractivity contribution in [2.24, 2.45) is 0 Å². The SMILES string of the molecule is COP(=O)(CCc1c(C(C)C)nc(-c2ccccc2)c(C)c1-c1ccc(F)cc1)C[C@@H](O)CC(=O)O. The fraction of sp³-hybridized carbons (Fsp3) is 0.357. The zero-order chi connectivity index (χ0) is 26.5. The second-order valence-electron chi connectivity index (χ2n) is 9.26. The molecular weight excluding hydrogens is 480 g/mol. The molecule has 0 radical (unpaired) electrons. The lowest BCUT2D eigenvalue weighted by molar-refractivity contribution is -0.138. The molecule has 36 heavy (non-hydrogen) atoms. The van der Waals surface area contributed by atoms with Crippen molar-refractivity contribution in [3.8, 4) is 22.4 Å². The molecule has 0 amide bonds. The van der Waals surface area contributed by atoms with Crippen LogP contribution in [-0.4, -0.2) is 46.7 Å². The van der Waals surface area contributed by atoms with E-state index in [9.17, 15) is 18.9 Å². The molecule has 3 aromatic rings. The fourth-order valence-electron chi connectivity index (χ4n) is 4.49. The Morgan fingerprint density at radius 3 is 2.28 bits per heavy atom. The number of hydrogen-bond donors (Lipinski definition) is 2. The van der Waals surface area contributed by atoms with E-state index in [1.807, 2.05) is 51.1 Å². The van der Waals surface area contributed by atoms with E-state index in [4.69, 9.17) is 14.6 Å². The monoisotopic (exact) mass is 513 g/mol. The van der Waals surface area contributed by atoms with Crippen LogP contribution in [0.4, 0.5) is 4.39 Å². The second kappa shape index (κ2) is 11.9. The predicted molar refractivity (Wildman–Crippen MR) is 140 cm³/mol. The van der Waals surface area contributed by atoms with Crippen molar-refractivity contribution < 1.29 is 28.5 Å². The summed E-state index contributed by atoms with van der Waals surface area (Å²) in [7, 11) is -2.01. The number of carboxylic acids is 1. The second-order valence-corrected chi connectivity index (χ2v) is 12.1. The molecule has 0 bridgehead atoms. The molecule has 0 fully saturated rings. The Morgan fingerprint density at radius 1 is 1.08 bits per heavy atom. The lowest BCUT2D eigenvalue weighted by Crippen LogP contribution is -2.19. The van der Waals surface area contributed by atoms with E-state index < -0.39 is 25.9 Å². The van der Waals surface area contributed by atoms with E-state index in [-0.39, 0.29) is 24.1 Å². The van der Waals surface area contributed by atoms with Crippen molar-refractivity contribution in [2.45, 2.75) is 45.6 Å². The molecule has 0 spiro atoms. The number of aromatic nitrogens is 1. The number of pyridine rings is 1. The van der Waals surface area contributed by atoms with Crippen LogP contribution in [-0.2, 0) is 20.3 Å². The van der Waals surface area contributed by atoms with Crippen LogP contribution >= 0.6 is 7.37 Å².